The Morgan fingerprint density at radius 1 is 0.482 bits per heavy atom. The normalized spacial score (nSPS) is 14.9. The van der Waals surface area contributed by atoms with Gasteiger partial charge >= 0.3 is 5.97 Å². The van der Waals surface area contributed by atoms with Gasteiger partial charge in [0, 0.05) is 83.8 Å². The minimum atomic E-state index is -1.56. The number of amides is 14. The summed E-state index contributed by atoms with van der Waals surface area (Å²) in [5.74, 6) is -15.5. The number of aromatic nitrogens is 4. The molecule has 0 bridgehead atoms. The van der Waals surface area contributed by atoms with Crippen molar-refractivity contribution < 1.29 is 82.1 Å². The SMILES string of the molecule is CC(=O)N[C@@H](CC(=O)O)C(=O)N[C@@H](CS)C(=O)N[C@@H](C)C(=O)N[C@@H](Cc1c[nH]c2ccccc12)C(=O)N[C@@H](Cc1cnc[nH]1)C(=O)N[C@@H](CC(C)C)C(=O)NCC(=O)N[C@@H](CCCCN)C(=O)N[C@@H](CC(C)C)C(=O)N[C@H](C(=O)N[C@@H](Cc1c[nH]c2ccccc12)C(=O)N[C@@H](CS)C(=O)N[C@H](C(N)=O)[C@@H](C)O)C(C)C. The smallest absolute Gasteiger partial charge is 0.305 e. The summed E-state index contributed by atoms with van der Waals surface area (Å²) in [5.41, 5.74) is 14.1. The van der Waals surface area contributed by atoms with Crippen LogP contribution >= 0.6 is 25.3 Å². The van der Waals surface area contributed by atoms with E-state index in [1.807, 2.05) is 0 Å². The Morgan fingerprint density at radius 2 is 0.918 bits per heavy atom. The highest BCUT2D eigenvalue weighted by Crippen LogP contribution is 2.22. The largest absolute Gasteiger partial charge is 0.481 e. The monoisotopic (exact) mass is 1570 g/mol. The molecule has 22 N–H and O–H groups in total. The predicted octanol–water partition coefficient (Wildman–Crippen LogP) is -2.55. The Balaban J connectivity index is 1.32. The summed E-state index contributed by atoms with van der Waals surface area (Å²) in [6.07, 6.45) is 4.01. The van der Waals surface area contributed by atoms with E-state index in [1.165, 1.54) is 26.4 Å². The van der Waals surface area contributed by atoms with Gasteiger partial charge in [0.05, 0.1) is 25.4 Å². The molecule has 5 rings (SSSR count). The number of carbonyl (C=O) groups excluding carboxylic acids is 14. The third-order valence-electron chi connectivity index (χ3n) is 17.6. The summed E-state index contributed by atoms with van der Waals surface area (Å²) < 4.78 is 0. The van der Waals surface area contributed by atoms with Gasteiger partial charge in [-0.1, -0.05) is 77.9 Å². The van der Waals surface area contributed by atoms with Crippen molar-refractivity contribution in [3.8, 4) is 0 Å². The molecule has 0 saturated carbocycles. The summed E-state index contributed by atoms with van der Waals surface area (Å²) in [5, 5.41) is 54.2. The molecule has 0 fully saturated rings. The molecular weight excluding hydrogens is 1470 g/mol. The molecule has 0 spiro atoms. The van der Waals surface area contributed by atoms with Crippen LogP contribution in [0.4, 0.5) is 0 Å². The first-order valence-corrected chi connectivity index (χ1v) is 37.4. The van der Waals surface area contributed by atoms with Gasteiger partial charge in [0.1, 0.15) is 72.5 Å². The van der Waals surface area contributed by atoms with Gasteiger partial charge in [-0.2, -0.15) is 25.3 Å². The van der Waals surface area contributed by atoms with E-state index in [0.29, 0.717) is 46.0 Å². The van der Waals surface area contributed by atoms with Crippen LogP contribution in [0, 0.1) is 17.8 Å². The molecule has 3 heterocycles. The van der Waals surface area contributed by atoms with Crippen molar-refractivity contribution in [3.63, 3.8) is 0 Å². The van der Waals surface area contributed by atoms with Gasteiger partial charge < -0.3 is 106 Å². The van der Waals surface area contributed by atoms with Crippen LogP contribution in [-0.2, 0) is 91.2 Å². The van der Waals surface area contributed by atoms with Crippen LogP contribution in [0.25, 0.3) is 21.8 Å². The average Bonchev–Trinajstić information content (AvgIpc) is 1.64. The number of fused-ring (bicyclic) bond motifs is 2. The molecule has 0 aliphatic rings. The number of thiol groups is 2. The van der Waals surface area contributed by atoms with E-state index in [9.17, 15) is 82.1 Å². The van der Waals surface area contributed by atoms with Crippen LogP contribution in [0.2, 0.25) is 0 Å². The van der Waals surface area contributed by atoms with Gasteiger partial charge in [0.15, 0.2) is 0 Å². The molecule has 36 nitrogen and oxygen atoms in total. The lowest BCUT2D eigenvalue weighted by Crippen LogP contribution is -2.61. The highest BCUT2D eigenvalue weighted by Gasteiger charge is 2.38. The van der Waals surface area contributed by atoms with E-state index >= 15 is 0 Å². The number of imidazole rings is 1. The number of aliphatic carboxylic acids is 1. The lowest BCUT2D eigenvalue weighted by Gasteiger charge is -2.29. The van der Waals surface area contributed by atoms with Gasteiger partial charge in [-0.15, -0.1) is 0 Å². The highest BCUT2D eigenvalue weighted by atomic mass is 32.1. The number of aliphatic hydroxyl groups excluding tert-OH is 1. The maximum Gasteiger partial charge on any atom is 0.305 e. The maximum atomic E-state index is 14.8. The number of nitrogens with one attached hydrogen (secondary N) is 16. The lowest BCUT2D eigenvalue weighted by atomic mass is 9.98. The van der Waals surface area contributed by atoms with Gasteiger partial charge in [0.25, 0.3) is 0 Å². The summed E-state index contributed by atoms with van der Waals surface area (Å²) in [4.78, 5) is 218. The van der Waals surface area contributed by atoms with Gasteiger partial charge in [-0.3, -0.25) is 71.9 Å². The molecular formula is C72H105N19O17S2. The highest BCUT2D eigenvalue weighted by molar-refractivity contribution is 7.80. The quantitative estimate of drug-likeness (QED) is 0.0141. The minimum Gasteiger partial charge on any atom is -0.481 e. The number of para-hydroxylation sites is 2. The van der Waals surface area contributed by atoms with Crippen molar-refractivity contribution in [2.24, 2.45) is 29.2 Å². The number of carboxylic acid groups (broad SMARTS) is 1. The zero-order valence-corrected chi connectivity index (χ0v) is 64.7. The van der Waals surface area contributed by atoms with Crippen LogP contribution in [-0.4, -0.2) is 222 Å². The number of unbranched alkanes of at least 4 members (excludes halogenated alkanes) is 1. The summed E-state index contributed by atoms with van der Waals surface area (Å²) in [6, 6.07) is -2.76. The molecule has 0 aliphatic heterocycles. The molecule has 13 atom stereocenters. The van der Waals surface area contributed by atoms with Crippen molar-refractivity contribution in [1.82, 2.24) is 89.1 Å². The summed E-state index contributed by atoms with van der Waals surface area (Å²) in [7, 11) is 0. The van der Waals surface area contributed by atoms with Crippen LogP contribution in [0.3, 0.4) is 0 Å². The number of nitrogens with two attached hydrogens (primary N) is 2. The van der Waals surface area contributed by atoms with Crippen molar-refractivity contribution in [1.29, 1.82) is 0 Å². The van der Waals surface area contributed by atoms with Crippen molar-refractivity contribution >= 4 is 136 Å². The second-order valence-electron chi connectivity index (χ2n) is 28.0. The molecule has 5 aromatic rings. The van der Waals surface area contributed by atoms with E-state index in [4.69, 9.17) is 11.5 Å². The Kier molecular flexibility index (Phi) is 36.1. The molecule has 602 valence electrons. The Morgan fingerprint density at radius 3 is 1.38 bits per heavy atom. The second-order valence-corrected chi connectivity index (χ2v) is 28.8. The molecule has 3 aromatic heterocycles. The first kappa shape index (κ1) is 90.0. The zero-order chi connectivity index (χ0) is 81.6. The molecule has 0 unspecified atom stereocenters. The molecule has 0 radical (unpaired) electrons. The van der Waals surface area contributed by atoms with Gasteiger partial charge in [-0.05, 0) is 93.5 Å². The fourth-order valence-electron chi connectivity index (χ4n) is 11.8. The number of rotatable bonds is 46. The van der Waals surface area contributed by atoms with Crippen LogP contribution in [0.5, 0.6) is 0 Å². The van der Waals surface area contributed by atoms with Crippen molar-refractivity contribution in [2.45, 2.75) is 199 Å². The molecule has 2 aromatic carbocycles. The van der Waals surface area contributed by atoms with Gasteiger partial charge in [0.2, 0.25) is 82.7 Å². The number of carboxylic acids is 1. The minimum absolute atomic E-state index is 0.00329. The number of primary amides is 1. The number of H-pyrrole nitrogens is 3. The number of hydrogen-bond acceptors (Lipinski definition) is 20. The van der Waals surface area contributed by atoms with E-state index in [1.54, 1.807) is 102 Å². The number of carbonyl (C=O) groups is 15. The number of aliphatic hydroxyl groups is 1. The Hall–Kier alpha value is -10.6. The summed E-state index contributed by atoms with van der Waals surface area (Å²) in [6.45, 7) is 13.5. The Labute approximate surface area is 646 Å². The molecule has 0 saturated heterocycles. The lowest BCUT2D eigenvalue weighted by molar-refractivity contribution is -0.141. The zero-order valence-electron chi connectivity index (χ0n) is 62.9. The van der Waals surface area contributed by atoms with Crippen LogP contribution < -0.4 is 80.6 Å². The molecule has 0 aliphatic carbocycles. The maximum absolute atomic E-state index is 14.8. The van der Waals surface area contributed by atoms with Gasteiger partial charge in [-0.25, -0.2) is 4.98 Å². The second kappa shape index (κ2) is 44.2. The first-order chi connectivity index (χ1) is 52.0. The third-order valence-corrected chi connectivity index (χ3v) is 18.3. The average molecular weight is 1570 g/mol. The molecule has 110 heavy (non-hydrogen) atoms. The van der Waals surface area contributed by atoms with Crippen molar-refractivity contribution in [2.75, 3.05) is 24.6 Å². The fourth-order valence-corrected chi connectivity index (χ4v) is 12.3. The number of hydrogen-bond donors (Lipinski definition) is 22. The Bertz CT molecular complexity index is 4000. The third kappa shape index (κ3) is 28.4. The van der Waals surface area contributed by atoms with Crippen LogP contribution in [0.15, 0.2) is 73.4 Å². The van der Waals surface area contributed by atoms with E-state index in [-0.39, 0.29) is 68.4 Å². The molecule has 38 heteroatoms. The van der Waals surface area contributed by atoms with E-state index in [2.05, 4.69) is 114 Å². The number of nitrogens with zero attached hydrogens (tertiary/aromatic N) is 1. The first-order valence-electron chi connectivity index (χ1n) is 36.1. The van der Waals surface area contributed by atoms with E-state index < -0.39 is 186 Å². The molecule has 14 amide bonds. The predicted molar refractivity (Wildman–Crippen MR) is 411 cm³/mol. The topological polar surface area (TPSA) is 565 Å². The standard InChI is InChI=1S/C72H105N19O17S2/c1-35(2)22-49(84-67(103)53(26-43-30-75-34-79-43)86-65(101)51(24-41-28-76-46-18-12-10-16-44(41)46)83-62(98)38(7)80-70(106)55(32-109)88-68(104)54(27-58(95)96)81-40(9)93)63(99)78-31-57(94)82-48(20-14-15-21-73)64(100)85-50(23-36(3)4)69(105)90-59(37(5)6)72(108)87-52(25-42-29-77-47-19-13-11-17-45(42)47)66(102)89-56(33-110)71(107)91-60(39(8)92)61(74)97/h10-13,16-19,28-30,34-39,48-56,59-60,76-77,92,109-110H,14-15,20-27,31-33,73H2,1-9H3,(H2,74,97)(H,75,79)(H,78,99)(H,80,106)(H,81,93)(H,82,94)(H,83,98)(H,84,103)(H,85,100)(H,86,101)(H,87,108)(H,88,104)(H,89,102)(H,90,105)(H,91,107)(H,95,96)/t38-,39+,48-,49-,50-,51-,52-,53-,54-,55-,56-,59-,60-/m0/s1. The van der Waals surface area contributed by atoms with Crippen molar-refractivity contribution in [3.05, 3.63) is 90.3 Å². The van der Waals surface area contributed by atoms with E-state index in [0.717, 1.165) is 12.4 Å². The number of benzene rings is 2. The number of aromatic amines is 3. The van der Waals surface area contributed by atoms with Crippen LogP contribution in [0.1, 0.15) is 118 Å². The summed E-state index contributed by atoms with van der Waals surface area (Å²) >= 11 is 8.39. The fraction of sp³-hybridized carbons (Fsp3) is 0.528.